The first-order valence-corrected chi connectivity index (χ1v) is 14.0. The normalized spacial score (nSPS) is 11.3. The molecule has 0 aromatic carbocycles. The van der Waals surface area contributed by atoms with Gasteiger partial charge in [0, 0.05) is 0 Å². The van der Waals surface area contributed by atoms with Crippen molar-refractivity contribution in [2.75, 3.05) is 7.11 Å². The zero-order valence-corrected chi connectivity index (χ0v) is 10.9. The molecule has 1 heterocycles. The van der Waals surface area contributed by atoms with Crippen LogP contribution >= 0.6 is 0 Å². The van der Waals surface area contributed by atoms with Crippen LogP contribution in [-0.4, -0.2) is 30.5 Å². The van der Waals surface area contributed by atoms with Gasteiger partial charge in [-0.25, -0.2) is 0 Å². The van der Waals surface area contributed by atoms with Crippen molar-refractivity contribution in [3.8, 4) is 5.75 Å². The quantitative estimate of drug-likeness (QED) is 0.763. The molecule has 0 spiro atoms. The predicted octanol–water partition coefficient (Wildman–Crippen LogP) is 1.64. The summed E-state index contributed by atoms with van der Waals surface area (Å²) in [5.74, 6) is 0.842. The van der Waals surface area contributed by atoms with E-state index in [1.807, 2.05) is 6.07 Å². The molecular weight excluding hydrogens is 257 g/mol. The molecule has 1 aromatic rings. The number of hydrogen-bond acceptors (Lipinski definition) is 2. The molecule has 0 atom stereocenters. The van der Waals surface area contributed by atoms with Gasteiger partial charge in [-0.1, -0.05) is 0 Å². The number of ether oxygens (including phenoxy) is 1. The van der Waals surface area contributed by atoms with Crippen LogP contribution in [0.4, 0.5) is 0 Å². The summed E-state index contributed by atoms with van der Waals surface area (Å²) in [7, 11) is 1.66. The fraction of sp³-hybridized carbons (Fsp3) is 0.444. The molecule has 0 radical (unpaired) electrons. The van der Waals surface area contributed by atoms with Crippen molar-refractivity contribution < 1.29 is 4.74 Å². The first-order valence-electron chi connectivity index (χ1n) is 4.04. The Kier molecular flexibility index (Phi) is 2.98. The van der Waals surface area contributed by atoms with Gasteiger partial charge < -0.3 is 0 Å². The second kappa shape index (κ2) is 3.64. The van der Waals surface area contributed by atoms with Crippen LogP contribution in [0.5, 0.6) is 5.75 Å². The van der Waals surface area contributed by atoms with Crippen molar-refractivity contribution in [2.45, 2.75) is 14.8 Å². The van der Waals surface area contributed by atoms with E-state index in [2.05, 4.69) is 25.9 Å². The van der Waals surface area contributed by atoms with Crippen LogP contribution < -0.4 is 8.45 Å². The summed E-state index contributed by atoms with van der Waals surface area (Å²) >= 11 is -1.93. The molecule has 0 N–H and O–H groups in total. The number of methoxy groups -OCH3 is 1. The van der Waals surface area contributed by atoms with Crippen LogP contribution in [0.15, 0.2) is 18.3 Å². The minimum atomic E-state index is -1.93. The first-order chi connectivity index (χ1) is 5.54. The second-order valence-electron chi connectivity index (χ2n) is 3.83. The summed E-state index contributed by atoms with van der Waals surface area (Å²) in [5.41, 5.74) is 0. The average molecular weight is 272 g/mol. The summed E-state index contributed by atoms with van der Waals surface area (Å²) < 4.78 is 6.34. The van der Waals surface area contributed by atoms with Crippen molar-refractivity contribution in [1.29, 1.82) is 0 Å². The Hall–Kier alpha value is -0.251. The van der Waals surface area contributed by atoms with E-state index in [4.69, 9.17) is 4.74 Å². The summed E-state index contributed by atoms with van der Waals surface area (Å²) in [4.78, 5) is 11.4. The molecule has 0 fully saturated rings. The molecule has 2 nitrogen and oxygen atoms in total. The summed E-state index contributed by atoms with van der Waals surface area (Å²) in [5, 5.41) is 0. The van der Waals surface area contributed by atoms with Gasteiger partial charge in [0.1, 0.15) is 0 Å². The molecule has 66 valence electrons. The van der Waals surface area contributed by atoms with Crippen LogP contribution in [0.1, 0.15) is 0 Å². The van der Waals surface area contributed by atoms with E-state index >= 15 is 0 Å². The topological polar surface area (TPSA) is 22.1 Å². The van der Waals surface area contributed by atoms with E-state index in [1.54, 1.807) is 13.3 Å². The Bertz CT molecular complexity index is 250. The number of nitrogens with zero attached hydrogens (tertiary/aromatic N) is 1. The van der Waals surface area contributed by atoms with Crippen molar-refractivity contribution in [3.63, 3.8) is 0 Å². The zero-order valence-electron chi connectivity index (χ0n) is 8.09. The van der Waals surface area contributed by atoms with Crippen molar-refractivity contribution >= 4 is 22.1 Å². The summed E-state index contributed by atoms with van der Waals surface area (Å²) in [6.45, 7) is 0. The van der Waals surface area contributed by atoms with Crippen molar-refractivity contribution in [1.82, 2.24) is 4.98 Å². The third-order valence-corrected chi connectivity index (χ3v) is 6.97. The summed E-state index contributed by atoms with van der Waals surface area (Å²) in [6, 6.07) is 4.08. The van der Waals surface area contributed by atoms with Gasteiger partial charge in [0.2, 0.25) is 0 Å². The standard InChI is InChI=1S/C6H6NO.3CH3.Sn/c1-8-6-3-2-4-7-5-6;;;;/h2-3,5H,1H3;3*1H3;. The van der Waals surface area contributed by atoms with E-state index in [0.717, 1.165) is 5.75 Å². The minimum absolute atomic E-state index is 0.842. The monoisotopic (exact) mass is 273 g/mol. The van der Waals surface area contributed by atoms with Gasteiger partial charge in [-0.2, -0.15) is 0 Å². The Morgan fingerprint density at radius 2 is 1.92 bits per heavy atom. The molecule has 0 amide bonds. The van der Waals surface area contributed by atoms with Gasteiger partial charge in [0.05, 0.1) is 0 Å². The second-order valence-corrected chi connectivity index (χ2v) is 18.1. The van der Waals surface area contributed by atoms with E-state index in [0.29, 0.717) is 0 Å². The van der Waals surface area contributed by atoms with Crippen LogP contribution in [0.2, 0.25) is 14.8 Å². The van der Waals surface area contributed by atoms with E-state index < -0.39 is 18.4 Å². The Balaban J connectivity index is 2.93. The van der Waals surface area contributed by atoms with Crippen LogP contribution in [0, 0.1) is 0 Å². The molecule has 0 aliphatic heterocycles. The van der Waals surface area contributed by atoms with Crippen LogP contribution in [-0.2, 0) is 0 Å². The molecule has 1 aromatic heterocycles. The molecular formula is C9H15NOSn. The van der Waals surface area contributed by atoms with E-state index in [1.165, 1.54) is 3.71 Å². The fourth-order valence-electron chi connectivity index (χ4n) is 0.945. The fourth-order valence-corrected chi connectivity index (χ4v) is 3.90. The summed E-state index contributed by atoms with van der Waals surface area (Å²) in [6.07, 6.45) is 1.80. The molecule has 0 aliphatic rings. The third kappa shape index (κ3) is 2.37. The molecule has 12 heavy (non-hydrogen) atoms. The van der Waals surface area contributed by atoms with Crippen molar-refractivity contribution in [2.24, 2.45) is 0 Å². The van der Waals surface area contributed by atoms with Gasteiger partial charge in [0.15, 0.2) is 0 Å². The van der Waals surface area contributed by atoms with E-state index in [9.17, 15) is 0 Å². The zero-order chi connectivity index (χ0) is 9.19. The Labute approximate surface area is 77.8 Å². The molecule has 0 unspecified atom stereocenters. The maximum absolute atomic E-state index is 5.04. The number of pyridine rings is 1. The Morgan fingerprint density at radius 3 is 2.25 bits per heavy atom. The molecule has 3 heteroatoms. The van der Waals surface area contributed by atoms with Gasteiger partial charge in [-0.05, 0) is 0 Å². The maximum atomic E-state index is 5.04. The molecule has 0 saturated heterocycles. The van der Waals surface area contributed by atoms with Crippen molar-refractivity contribution in [3.05, 3.63) is 18.3 Å². The number of aromatic nitrogens is 1. The van der Waals surface area contributed by atoms with Gasteiger partial charge in [0.25, 0.3) is 0 Å². The SMILES string of the molecule is COc1cc[c]([Sn]([CH3])([CH3])[CH3])nc1. The Morgan fingerprint density at radius 1 is 1.25 bits per heavy atom. The van der Waals surface area contributed by atoms with Crippen LogP contribution in [0.3, 0.4) is 0 Å². The van der Waals surface area contributed by atoms with Gasteiger partial charge >= 0.3 is 77.8 Å². The third-order valence-electron chi connectivity index (χ3n) is 1.74. The first kappa shape index (κ1) is 9.83. The molecule has 1 rings (SSSR count). The van der Waals surface area contributed by atoms with Gasteiger partial charge in [-0.15, -0.1) is 0 Å². The molecule has 0 aliphatic carbocycles. The molecule has 0 saturated carbocycles. The van der Waals surface area contributed by atoms with Crippen LogP contribution in [0.25, 0.3) is 0 Å². The average Bonchev–Trinajstić information content (AvgIpc) is 2.03. The van der Waals surface area contributed by atoms with Gasteiger partial charge in [-0.3, -0.25) is 0 Å². The van der Waals surface area contributed by atoms with E-state index in [-0.39, 0.29) is 0 Å². The predicted molar refractivity (Wildman–Crippen MR) is 53.8 cm³/mol. The number of rotatable bonds is 2. The number of hydrogen-bond donors (Lipinski definition) is 0. The molecule has 0 bridgehead atoms.